The number of benzene rings is 1. The predicted octanol–water partition coefficient (Wildman–Crippen LogP) is 1.87. The summed E-state index contributed by atoms with van der Waals surface area (Å²) in [7, 11) is 0. The van der Waals surface area contributed by atoms with E-state index in [1.54, 1.807) is 0 Å². The summed E-state index contributed by atoms with van der Waals surface area (Å²) in [4.78, 5) is 9.25. The first kappa shape index (κ1) is 12.9. The molecule has 0 aliphatic carbocycles. The summed E-state index contributed by atoms with van der Waals surface area (Å²) in [5.41, 5.74) is 8.22. The molecule has 1 aromatic heterocycles. The van der Waals surface area contributed by atoms with E-state index >= 15 is 0 Å². The number of nitrogens with zero attached hydrogens (tertiary/aromatic N) is 3. The zero-order chi connectivity index (χ0) is 13.8. The van der Waals surface area contributed by atoms with Gasteiger partial charge in [-0.05, 0) is 18.2 Å². The van der Waals surface area contributed by atoms with E-state index in [2.05, 4.69) is 51.2 Å². The summed E-state index contributed by atoms with van der Waals surface area (Å²) in [5, 5.41) is 0. The Kier molecular flexibility index (Phi) is 3.83. The number of aromatic nitrogens is 1. The normalized spacial score (nSPS) is 15.4. The maximum Gasteiger partial charge on any atom is 0.133 e. The van der Waals surface area contributed by atoms with Crippen molar-refractivity contribution in [1.29, 1.82) is 0 Å². The maximum atomic E-state index is 5.80. The number of pyridine rings is 1. The van der Waals surface area contributed by atoms with Gasteiger partial charge >= 0.3 is 0 Å². The molecule has 1 aromatic carbocycles. The fourth-order valence-electron chi connectivity index (χ4n) is 2.69. The van der Waals surface area contributed by atoms with E-state index in [0.29, 0.717) is 6.54 Å². The van der Waals surface area contributed by atoms with Gasteiger partial charge in [0.15, 0.2) is 0 Å². The van der Waals surface area contributed by atoms with Crippen LogP contribution in [0.15, 0.2) is 48.7 Å². The highest BCUT2D eigenvalue weighted by molar-refractivity contribution is 5.51. The lowest BCUT2D eigenvalue weighted by atomic mass is 10.2. The Hall–Kier alpha value is -2.07. The van der Waals surface area contributed by atoms with Crippen LogP contribution < -0.4 is 15.5 Å². The highest BCUT2D eigenvalue weighted by atomic mass is 15.3. The van der Waals surface area contributed by atoms with Gasteiger partial charge in [-0.15, -0.1) is 0 Å². The quantitative estimate of drug-likeness (QED) is 0.923. The van der Waals surface area contributed by atoms with E-state index in [4.69, 9.17) is 5.73 Å². The summed E-state index contributed by atoms with van der Waals surface area (Å²) < 4.78 is 0. The van der Waals surface area contributed by atoms with Crippen molar-refractivity contribution in [3.63, 3.8) is 0 Å². The standard InChI is InChI=1S/C16H20N4/c17-13-14-5-4-8-18-16(14)20-11-9-19(10-12-20)15-6-2-1-3-7-15/h1-8H,9-13,17H2. The maximum absolute atomic E-state index is 5.80. The van der Waals surface area contributed by atoms with Gasteiger partial charge in [0, 0.05) is 50.2 Å². The van der Waals surface area contributed by atoms with Gasteiger partial charge in [0.2, 0.25) is 0 Å². The molecule has 2 heterocycles. The van der Waals surface area contributed by atoms with Gasteiger partial charge < -0.3 is 15.5 Å². The second-order valence-electron chi connectivity index (χ2n) is 5.00. The number of rotatable bonds is 3. The minimum Gasteiger partial charge on any atom is -0.368 e. The number of nitrogens with two attached hydrogens (primary N) is 1. The predicted molar refractivity (Wildman–Crippen MR) is 83.0 cm³/mol. The molecule has 1 aliphatic rings. The van der Waals surface area contributed by atoms with Crippen LogP contribution in [0.2, 0.25) is 0 Å². The van der Waals surface area contributed by atoms with Gasteiger partial charge in [-0.1, -0.05) is 24.3 Å². The number of hydrogen-bond acceptors (Lipinski definition) is 4. The molecule has 3 rings (SSSR count). The fraction of sp³-hybridized carbons (Fsp3) is 0.312. The van der Waals surface area contributed by atoms with Crippen molar-refractivity contribution in [2.45, 2.75) is 6.54 Å². The van der Waals surface area contributed by atoms with Gasteiger partial charge in [0.05, 0.1) is 0 Å². The molecule has 0 amide bonds. The first-order valence-corrected chi connectivity index (χ1v) is 7.07. The third-order valence-corrected chi connectivity index (χ3v) is 3.79. The van der Waals surface area contributed by atoms with Gasteiger partial charge in [-0.2, -0.15) is 0 Å². The third kappa shape index (κ3) is 2.60. The minimum absolute atomic E-state index is 0.544. The molecule has 1 fully saturated rings. The van der Waals surface area contributed by atoms with Crippen molar-refractivity contribution in [3.8, 4) is 0 Å². The Morgan fingerprint density at radius 3 is 2.30 bits per heavy atom. The molecule has 104 valence electrons. The Morgan fingerprint density at radius 1 is 0.900 bits per heavy atom. The Morgan fingerprint density at radius 2 is 1.60 bits per heavy atom. The molecule has 1 saturated heterocycles. The van der Waals surface area contributed by atoms with Crippen LogP contribution in [-0.2, 0) is 6.54 Å². The molecule has 1 aliphatic heterocycles. The van der Waals surface area contributed by atoms with Gasteiger partial charge in [0.1, 0.15) is 5.82 Å². The fourth-order valence-corrected chi connectivity index (χ4v) is 2.69. The Balaban J connectivity index is 1.70. The van der Waals surface area contributed by atoms with Crippen molar-refractivity contribution >= 4 is 11.5 Å². The molecule has 2 N–H and O–H groups in total. The van der Waals surface area contributed by atoms with Crippen molar-refractivity contribution < 1.29 is 0 Å². The zero-order valence-electron chi connectivity index (χ0n) is 11.6. The average Bonchev–Trinajstić information content (AvgIpc) is 2.56. The summed E-state index contributed by atoms with van der Waals surface area (Å²) in [6.07, 6.45) is 1.85. The molecule has 0 spiro atoms. The lowest BCUT2D eigenvalue weighted by Gasteiger charge is -2.37. The molecule has 0 saturated carbocycles. The molecule has 4 nitrogen and oxygen atoms in total. The van der Waals surface area contributed by atoms with Crippen LogP contribution >= 0.6 is 0 Å². The molecule has 0 unspecified atom stereocenters. The Labute approximate surface area is 119 Å². The van der Waals surface area contributed by atoms with Crippen LogP contribution in [0.3, 0.4) is 0 Å². The van der Waals surface area contributed by atoms with E-state index < -0.39 is 0 Å². The monoisotopic (exact) mass is 268 g/mol. The van der Waals surface area contributed by atoms with Crippen molar-refractivity contribution in [1.82, 2.24) is 4.98 Å². The largest absolute Gasteiger partial charge is 0.368 e. The third-order valence-electron chi connectivity index (χ3n) is 3.79. The zero-order valence-corrected chi connectivity index (χ0v) is 11.6. The van der Waals surface area contributed by atoms with Gasteiger partial charge in [-0.25, -0.2) is 4.98 Å². The van der Waals surface area contributed by atoms with Gasteiger partial charge in [0.25, 0.3) is 0 Å². The second kappa shape index (κ2) is 5.92. The van der Waals surface area contributed by atoms with Crippen LogP contribution in [0.4, 0.5) is 11.5 Å². The van der Waals surface area contributed by atoms with Gasteiger partial charge in [-0.3, -0.25) is 0 Å². The summed E-state index contributed by atoms with van der Waals surface area (Å²) >= 11 is 0. The summed E-state index contributed by atoms with van der Waals surface area (Å²) in [6.45, 7) is 4.55. The molecule has 2 aromatic rings. The highest BCUT2D eigenvalue weighted by Crippen LogP contribution is 2.21. The topological polar surface area (TPSA) is 45.4 Å². The van der Waals surface area contributed by atoms with Crippen LogP contribution in [-0.4, -0.2) is 31.2 Å². The van der Waals surface area contributed by atoms with Crippen LogP contribution in [0.1, 0.15) is 5.56 Å². The molecular weight excluding hydrogens is 248 g/mol. The molecule has 0 bridgehead atoms. The number of piperazine rings is 1. The average molecular weight is 268 g/mol. The van der Waals surface area contributed by atoms with E-state index in [1.807, 2.05) is 12.3 Å². The SMILES string of the molecule is NCc1cccnc1N1CCN(c2ccccc2)CC1. The molecular formula is C16H20N4. The van der Waals surface area contributed by atoms with Crippen LogP contribution in [0, 0.1) is 0 Å². The molecule has 4 heteroatoms. The molecule has 0 atom stereocenters. The van der Waals surface area contributed by atoms with Crippen molar-refractivity contribution in [3.05, 3.63) is 54.2 Å². The second-order valence-corrected chi connectivity index (χ2v) is 5.00. The van der Waals surface area contributed by atoms with Crippen LogP contribution in [0.5, 0.6) is 0 Å². The van der Waals surface area contributed by atoms with Crippen LogP contribution in [0.25, 0.3) is 0 Å². The first-order chi connectivity index (χ1) is 9.88. The lowest BCUT2D eigenvalue weighted by molar-refractivity contribution is 0.644. The lowest BCUT2D eigenvalue weighted by Crippen LogP contribution is -2.47. The summed E-state index contributed by atoms with van der Waals surface area (Å²) in [5.74, 6) is 1.04. The number of anilines is 2. The van der Waals surface area contributed by atoms with E-state index in [0.717, 1.165) is 37.6 Å². The number of para-hydroxylation sites is 1. The van der Waals surface area contributed by atoms with E-state index in [1.165, 1.54) is 5.69 Å². The Bertz CT molecular complexity index is 547. The first-order valence-electron chi connectivity index (χ1n) is 7.07. The van der Waals surface area contributed by atoms with Crippen molar-refractivity contribution in [2.75, 3.05) is 36.0 Å². The van der Waals surface area contributed by atoms with E-state index in [-0.39, 0.29) is 0 Å². The molecule has 20 heavy (non-hydrogen) atoms. The highest BCUT2D eigenvalue weighted by Gasteiger charge is 2.19. The summed E-state index contributed by atoms with van der Waals surface area (Å²) in [6, 6.07) is 14.6. The molecule has 0 radical (unpaired) electrons. The van der Waals surface area contributed by atoms with E-state index in [9.17, 15) is 0 Å². The minimum atomic E-state index is 0.544. The smallest absolute Gasteiger partial charge is 0.133 e. The van der Waals surface area contributed by atoms with Crippen molar-refractivity contribution in [2.24, 2.45) is 5.73 Å². The number of hydrogen-bond donors (Lipinski definition) is 1.